The Kier molecular flexibility index (Phi) is 5.46. The van der Waals surface area contributed by atoms with Crippen LogP contribution < -0.4 is 5.43 Å². The Morgan fingerprint density at radius 2 is 1.61 bits per heavy atom. The minimum Gasteiger partial charge on any atom is -0.397 e. The third-order valence-electron chi connectivity index (χ3n) is 3.38. The van der Waals surface area contributed by atoms with E-state index in [9.17, 15) is 20.2 Å². The molecule has 0 unspecified atom stereocenters. The smallest absolute Gasteiger partial charge is 0.397 e. The number of para-hydroxylation sites is 1. The van der Waals surface area contributed by atoms with E-state index in [1.165, 1.54) is 36.4 Å². The summed E-state index contributed by atoms with van der Waals surface area (Å²) in [5.41, 5.74) is 3.67. The highest BCUT2D eigenvalue weighted by Crippen LogP contribution is 2.21. The zero-order valence-corrected chi connectivity index (χ0v) is 14.1. The van der Waals surface area contributed by atoms with Gasteiger partial charge < -0.3 is 4.42 Å². The average molecular weight is 380 g/mol. The quantitative estimate of drug-likeness (QED) is 0.216. The van der Waals surface area contributed by atoms with Gasteiger partial charge in [-0.15, -0.1) is 15.3 Å². The van der Waals surface area contributed by atoms with Gasteiger partial charge in [0, 0.05) is 12.1 Å². The molecule has 0 atom stereocenters. The summed E-state index contributed by atoms with van der Waals surface area (Å²) in [5.74, 6) is -0.482. The van der Waals surface area contributed by atoms with Crippen LogP contribution in [0.4, 0.5) is 22.9 Å². The second-order valence-electron chi connectivity index (χ2n) is 5.28. The summed E-state index contributed by atoms with van der Waals surface area (Å²) in [6.07, 6.45) is 0. The van der Waals surface area contributed by atoms with Gasteiger partial charge in [-0.25, -0.2) is 0 Å². The summed E-state index contributed by atoms with van der Waals surface area (Å²) >= 11 is 0. The number of non-ortho nitro benzene ring substituents is 1. The SMILES string of the molecule is O=[N+]([O-])c1ccc(N=N/C(=N/Nc2ccccc2)c2ccc([N+](=O)[O-])o2)cc1. The first-order valence-corrected chi connectivity index (χ1v) is 7.82. The molecule has 0 bridgehead atoms. The van der Waals surface area contributed by atoms with Gasteiger partial charge >= 0.3 is 5.88 Å². The number of nitro groups is 2. The third kappa shape index (κ3) is 4.60. The van der Waals surface area contributed by atoms with E-state index in [4.69, 9.17) is 4.42 Å². The number of rotatable bonds is 6. The number of nitrogens with zero attached hydrogens (tertiary/aromatic N) is 5. The first-order chi connectivity index (χ1) is 13.5. The minimum atomic E-state index is -0.681. The Labute approximate surface area is 157 Å². The highest BCUT2D eigenvalue weighted by Gasteiger charge is 2.16. The van der Waals surface area contributed by atoms with Crippen molar-refractivity contribution in [3.05, 3.63) is 92.7 Å². The number of amidine groups is 1. The van der Waals surface area contributed by atoms with E-state index in [0.717, 1.165) is 0 Å². The molecule has 11 heteroatoms. The molecule has 2 aromatic carbocycles. The van der Waals surface area contributed by atoms with Gasteiger partial charge in [-0.3, -0.25) is 25.7 Å². The van der Waals surface area contributed by atoms with Gasteiger partial charge in [0.1, 0.15) is 4.92 Å². The molecule has 1 aromatic heterocycles. The van der Waals surface area contributed by atoms with E-state index in [2.05, 4.69) is 20.8 Å². The highest BCUT2D eigenvalue weighted by molar-refractivity contribution is 5.97. The maximum atomic E-state index is 10.8. The molecule has 0 saturated heterocycles. The molecule has 0 aliphatic rings. The summed E-state index contributed by atoms with van der Waals surface area (Å²) in [6.45, 7) is 0. The normalized spacial score (nSPS) is 11.5. The Hall–Kier alpha value is -4.41. The number of furan rings is 1. The number of nitro benzene ring substituents is 1. The van der Waals surface area contributed by atoms with Crippen LogP contribution in [-0.2, 0) is 0 Å². The minimum absolute atomic E-state index is 0.0285. The lowest BCUT2D eigenvalue weighted by atomic mass is 10.3. The summed E-state index contributed by atoms with van der Waals surface area (Å²) in [4.78, 5) is 20.3. The fourth-order valence-corrected chi connectivity index (χ4v) is 2.05. The number of hydrazone groups is 1. The topological polar surface area (TPSA) is 149 Å². The fraction of sp³-hybridized carbons (Fsp3) is 0. The average Bonchev–Trinajstić information content (AvgIpc) is 3.19. The summed E-state index contributed by atoms with van der Waals surface area (Å²) in [7, 11) is 0. The maximum Gasteiger partial charge on any atom is 0.433 e. The van der Waals surface area contributed by atoms with Crippen LogP contribution in [0, 0.1) is 20.2 Å². The summed E-state index contributed by atoms with van der Waals surface area (Å²) in [6, 6.07) is 16.9. The molecule has 0 spiro atoms. The van der Waals surface area contributed by atoms with Crippen LogP contribution in [0.3, 0.4) is 0 Å². The van der Waals surface area contributed by atoms with Crippen LogP contribution in [0.5, 0.6) is 0 Å². The molecule has 0 aliphatic heterocycles. The van der Waals surface area contributed by atoms with Crippen molar-refractivity contribution >= 4 is 28.8 Å². The molecular weight excluding hydrogens is 368 g/mol. The van der Waals surface area contributed by atoms with Crippen molar-refractivity contribution in [2.24, 2.45) is 15.3 Å². The van der Waals surface area contributed by atoms with Crippen molar-refractivity contribution in [2.45, 2.75) is 0 Å². The number of hydrogen-bond acceptors (Lipinski definition) is 8. The Morgan fingerprint density at radius 1 is 0.893 bits per heavy atom. The van der Waals surface area contributed by atoms with Crippen molar-refractivity contribution in [3.63, 3.8) is 0 Å². The van der Waals surface area contributed by atoms with E-state index in [0.29, 0.717) is 11.4 Å². The number of benzene rings is 2. The van der Waals surface area contributed by atoms with Crippen LogP contribution in [0.15, 0.2) is 86.5 Å². The number of nitrogens with one attached hydrogen (secondary N) is 1. The second kappa shape index (κ2) is 8.31. The van der Waals surface area contributed by atoms with Crippen molar-refractivity contribution in [1.29, 1.82) is 0 Å². The second-order valence-corrected chi connectivity index (χ2v) is 5.28. The van der Waals surface area contributed by atoms with E-state index >= 15 is 0 Å². The lowest BCUT2D eigenvalue weighted by molar-refractivity contribution is -0.402. The Bertz CT molecular complexity index is 1040. The van der Waals surface area contributed by atoms with Crippen LogP contribution in [0.25, 0.3) is 0 Å². The van der Waals surface area contributed by atoms with Crippen LogP contribution in [-0.4, -0.2) is 15.7 Å². The molecule has 1 heterocycles. The van der Waals surface area contributed by atoms with Crippen molar-refractivity contribution < 1.29 is 14.3 Å². The van der Waals surface area contributed by atoms with Crippen molar-refractivity contribution in [3.8, 4) is 0 Å². The molecule has 3 aromatic rings. The van der Waals surface area contributed by atoms with E-state index in [-0.39, 0.29) is 17.3 Å². The van der Waals surface area contributed by atoms with E-state index < -0.39 is 15.7 Å². The summed E-state index contributed by atoms with van der Waals surface area (Å²) < 4.78 is 5.12. The van der Waals surface area contributed by atoms with Gasteiger partial charge in [0.2, 0.25) is 5.84 Å². The van der Waals surface area contributed by atoms with Gasteiger partial charge in [0.25, 0.3) is 5.69 Å². The number of azo groups is 1. The van der Waals surface area contributed by atoms with E-state index in [1.54, 1.807) is 24.3 Å². The molecule has 0 aliphatic carbocycles. The predicted molar refractivity (Wildman–Crippen MR) is 99.6 cm³/mol. The predicted octanol–water partition coefficient (Wildman–Crippen LogP) is 4.65. The van der Waals surface area contributed by atoms with Crippen LogP contribution in [0.1, 0.15) is 5.76 Å². The third-order valence-corrected chi connectivity index (χ3v) is 3.38. The zero-order chi connectivity index (χ0) is 19.9. The monoisotopic (exact) mass is 380 g/mol. The van der Waals surface area contributed by atoms with Gasteiger partial charge in [-0.1, -0.05) is 18.2 Å². The lowest BCUT2D eigenvalue weighted by Gasteiger charge is -2.00. The first-order valence-electron chi connectivity index (χ1n) is 7.82. The van der Waals surface area contributed by atoms with Gasteiger partial charge in [-0.05, 0) is 30.3 Å². The zero-order valence-electron chi connectivity index (χ0n) is 14.1. The molecule has 3 rings (SSSR count). The van der Waals surface area contributed by atoms with Crippen LogP contribution >= 0.6 is 0 Å². The Morgan fingerprint density at radius 3 is 2.21 bits per heavy atom. The van der Waals surface area contributed by atoms with E-state index in [1.807, 2.05) is 6.07 Å². The van der Waals surface area contributed by atoms with Crippen LogP contribution in [0.2, 0.25) is 0 Å². The number of anilines is 1. The lowest BCUT2D eigenvalue weighted by Crippen LogP contribution is -2.00. The van der Waals surface area contributed by atoms with Gasteiger partial charge in [0.05, 0.1) is 22.4 Å². The molecule has 28 heavy (non-hydrogen) atoms. The summed E-state index contributed by atoms with van der Waals surface area (Å²) in [5, 5.41) is 33.5. The van der Waals surface area contributed by atoms with Crippen molar-refractivity contribution in [1.82, 2.24) is 0 Å². The molecule has 0 amide bonds. The maximum absolute atomic E-state index is 10.8. The molecule has 1 N–H and O–H groups in total. The molecule has 0 saturated carbocycles. The molecule has 0 radical (unpaired) electrons. The largest absolute Gasteiger partial charge is 0.433 e. The first kappa shape index (κ1) is 18.4. The molecule has 11 nitrogen and oxygen atoms in total. The number of hydrogen-bond donors (Lipinski definition) is 1. The Balaban J connectivity index is 1.88. The molecule has 0 fully saturated rings. The standard InChI is InChI=1S/C17H12N6O5/c24-22(25)14-8-6-13(7-9-14)19-21-17(15-10-11-16(28-15)23(26)27)20-18-12-4-2-1-3-5-12/h1-11,18H/b20-17+,21-19?. The van der Waals surface area contributed by atoms with Gasteiger partial charge in [0.15, 0.2) is 5.76 Å². The molecular formula is C17H12N6O5. The van der Waals surface area contributed by atoms with Gasteiger partial charge in [-0.2, -0.15) is 0 Å². The molecule has 140 valence electrons. The highest BCUT2D eigenvalue weighted by atomic mass is 16.6. The fourth-order valence-electron chi connectivity index (χ4n) is 2.05. The van der Waals surface area contributed by atoms with Crippen molar-refractivity contribution in [2.75, 3.05) is 5.43 Å².